The van der Waals surface area contributed by atoms with Crippen molar-refractivity contribution in [2.45, 2.75) is 39.8 Å². The van der Waals surface area contributed by atoms with Crippen LogP contribution in [0.15, 0.2) is 27.8 Å². The molecule has 138 valence electrons. The fourth-order valence-corrected chi connectivity index (χ4v) is 2.35. The van der Waals surface area contributed by atoms with Crippen LogP contribution in [0.4, 0.5) is 0 Å². The van der Waals surface area contributed by atoms with Gasteiger partial charge in [0.25, 0.3) is 0 Å². The van der Waals surface area contributed by atoms with Gasteiger partial charge in [0.2, 0.25) is 5.88 Å². The van der Waals surface area contributed by atoms with E-state index in [2.05, 4.69) is 39.6 Å². The normalized spacial score (nSPS) is 11.0. The van der Waals surface area contributed by atoms with E-state index in [0.717, 1.165) is 41.4 Å². The maximum absolute atomic E-state index is 5.38. The minimum Gasteiger partial charge on any atom is -0.481 e. The Hall–Kier alpha value is -1.84. The Morgan fingerprint density at radius 2 is 1.96 bits per heavy atom. The highest BCUT2D eigenvalue weighted by atomic mass is 127. The number of pyridine rings is 1. The number of aliphatic imine (C=N–C) groups is 1. The summed E-state index contributed by atoms with van der Waals surface area (Å²) in [6.45, 7) is 5.40. The molecule has 0 spiro atoms. The van der Waals surface area contributed by atoms with Crippen LogP contribution >= 0.6 is 24.0 Å². The lowest BCUT2D eigenvalue weighted by atomic mass is 10.1. The maximum atomic E-state index is 5.38. The Kier molecular flexibility index (Phi) is 9.25. The molecule has 0 aliphatic carbocycles. The first-order chi connectivity index (χ1) is 11.7. The van der Waals surface area contributed by atoms with Gasteiger partial charge in [-0.3, -0.25) is 4.99 Å². The van der Waals surface area contributed by atoms with E-state index in [0.29, 0.717) is 19.0 Å². The van der Waals surface area contributed by atoms with Crippen LogP contribution in [-0.2, 0) is 25.9 Å². The molecule has 2 aromatic rings. The number of hydrogen-bond donors (Lipinski definition) is 2. The van der Waals surface area contributed by atoms with Gasteiger partial charge in [0.05, 0.1) is 12.8 Å². The highest BCUT2D eigenvalue weighted by molar-refractivity contribution is 14.0. The van der Waals surface area contributed by atoms with Gasteiger partial charge in [-0.05, 0) is 12.0 Å². The molecule has 0 radical (unpaired) electrons. The number of hydrogen-bond acceptors (Lipinski definition) is 5. The quantitative estimate of drug-likeness (QED) is 0.377. The lowest BCUT2D eigenvalue weighted by molar-refractivity contribution is 0.380. The third kappa shape index (κ3) is 5.87. The molecule has 0 bridgehead atoms. The maximum Gasteiger partial charge on any atom is 0.212 e. The standard InChI is InChI=1S/C17H25N5O2.HI/c1-5-14-13(15(6-2)24-22-14)11-21-17(18-3)20-10-12-7-8-16(23-4)19-9-12;/h7-9H,5-6,10-11H2,1-4H3,(H2,18,20,21);1H. The fourth-order valence-electron chi connectivity index (χ4n) is 2.35. The average molecular weight is 459 g/mol. The van der Waals surface area contributed by atoms with Crippen LogP contribution in [0.25, 0.3) is 0 Å². The Bertz CT molecular complexity index is 649. The Labute approximate surface area is 165 Å². The average Bonchev–Trinajstić information content (AvgIpc) is 3.04. The molecule has 25 heavy (non-hydrogen) atoms. The van der Waals surface area contributed by atoms with Gasteiger partial charge in [0.15, 0.2) is 5.96 Å². The van der Waals surface area contributed by atoms with Gasteiger partial charge in [-0.1, -0.05) is 25.1 Å². The zero-order chi connectivity index (χ0) is 17.4. The number of methoxy groups -OCH3 is 1. The summed E-state index contributed by atoms with van der Waals surface area (Å²) in [6.07, 6.45) is 3.46. The summed E-state index contributed by atoms with van der Waals surface area (Å²) in [5, 5.41) is 10.7. The van der Waals surface area contributed by atoms with Crippen LogP contribution in [0, 0.1) is 0 Å². The summed E-state index contributed by atoms with van der Waals surface area (Å²) >= 11 is 0. The number of guanidine groups is 1. The van der Waals surface area contributed by atoms with Gasteiger partial charge in [0.1, 0.15) is 5.76 Å². The SMILES string of the molecule is CCc1noc(CC)c1CNC(=NC)NCc1ccc(OC)nc1.I. The summed E-state index contributed by atoms with van der Waals surface area (Å²) in [5.74, 6) is 2.25. The second-order valence-electron chi connectivity index (χ2n) is 5.23. The molecule has 0 fully saturated rings. The molecule has 8 heteroatoms. The van der Waals surface area contributed by atoms with E-state index in [1.54, 1.807) is 20.4 Å². The van der Waals surface area contributed by atoms with Crippen LogP contribution in [0.1, 0.15) is 36.4 Å². The van der Waals surface area contributed by atoms with Crippen molar-refractivity contribution in [2.75, 3.05) is 14.2 Å². The van der Waals surface area contributed by atoms with Gasteiger partial charge in [-0.25, -0.2) is 4.98 Å². The second kappa shape index (κ2) is 10.9. The second-order valence-corrected chi connectivity index (χ2v) is 5.23. The highest BCUT2D eigenvalue weighted by Gasteiger charge is 2.13. The predicted octanol–water partition coefficient (Wildman–Crippen LogP) is 2.69. The summed E-state index contributed by atoms with van der Waals surface area (Å²) in [5.41, 5.74) is 3.16. The van der Waals surface area contributed by atoms with E-state index in [1.165, 1.54) is 0 Å². The van der Waals surface area contributed by atoms with Crippen LogP contribution in [0.5, 0.6) is 5.88 Å². The smallest absolute Gasteiger partial charge is 0.212 e. The third-order valence-corrected chi connectivity index (χ3v) is 3.73. The molecule has 0 saturated heterocycles. The van der Waals surface area contributed by atoms with E-state index >= 15 is 0 Å². The Morgan fingerprint density at radius 3 is 2.52 bits per heavy atom. The van der Waals surface area contributed by atoms with Crippen molar-refractivity contribution in [1.29, 1.82) is 0 Å². The number of aromatic nitrogens is 2. The number of aryl methyl sites for hydroxylation is 2. The number of halogens is 1. The molecule has 0 amide bonds. The van der Waals surface area contributed by atoms with E-state index in [-0.39, 0.29) is 24.0 Å². The number of nitrogens with one attached hydrogen (secondary N) is 2. The molecule has 7 nitrogen and oxygen atoms in total. The van der Waals surface area contributed by atoms with Crippen LogP contribution in [0.3, 0.4) is 0 Å². The minimum absolute atomic E-state index is 0. The molecule has 2 heterocycles. The zero-order valence-corrected chi connectivity index (χ0v) is 17.5. The molecule has 0 aromatic carbocycles. The first-order valence-corrected chi connectivity index (χ1v) is 8.11. The van der Waals surface area contributed by atoms with E-state index in [4.69, 9.17) is 9.26 Å². The van der Waals surface area contributed by atoms with Crippen molar-refractivity contribution in [3.05, 3.63) is 40.9 Å². The molecule has 0 unspecified atom stereocenters. The molecule has 2 rings (SSSR count). The molecule has 0 atom stereocenters. The fraction of sp³-hybridized carbons (Fsp3) is 0.471. The summed E-state index contributed by atoms with van der Waals surface area (Å²) in [6, 6.07) is 3.81. The molecule has 2 aromatic heterocycles. The van der Waals surface area contributed by atoms with Crippen LogP contribution in [0.2, 0.25) is 0 Å². The lowest BCUT2D eigenvalue weighted by Crippen LogP contribution is -2.36. The summed E-state index contributed by atoms with van der Waals surface area (Å²) in [7, 11) is 3.35. The van der Waals surface area contributed by atoms with Crippen molar-refractivity contribution >= 4 is 29.9 Å². The van der Waals surface area contributed by atoms with Crippen molar-refractivity contribution in [3.8, 4) is 5.88 Å². The predicted molar refractivity (Wildman–Crippen MR) is 109 cm³/mol. The van der Waals surface area contributed by atoms with Crippen molar-refractivity contribution in [3.63, 3.8) is 0 Å². The Morgan fingerprint density at radius 1 is 1.20 bits per heavy atom. The van der Waals surface area contributed by atoms with Gasteiger partial charge in [0, 0.05) is 44.4 Å². The number of rotatable bonds is 7. The van der Waals surface area contributed by atoms with Crippen molar-refractivity contribution < 1.29 is 9.26 Å². The number of nitrogens with zero attached hydrogens (tertiary/aromatic N) is 3. The third-order valence-electron chi connectivity index (χ3n) is 3.73. The topological polar surface area (TPSA) is 84.6 Å². The van der Waals surface area contributed by atoms with Gasteiger partial charge >= 0.3 is 0 Å². The van der Waals surface area contributed by atoms with Gasteiger partial charge in [-0.15, -0.1) is 24.0 Å². The molecule has 0 saturated carbocycles. The molecule has 0 aliphatic heterocycles. The molecular formula is C17H26IN5O2. The highest BCUT2D eigenvalue weighted by Crippen LogP contribution is 2.15. The summed E-state index contributed by atoms with van der Waals surface area (Å²) in [4.78, 5) is 8.44. The molecule has 2 N–H and O–H groups in total. The number of ether oxygens (including phenoxy) is 1. The molecule has 0 aliphatic rings. The zero-order valence-electron chi connectivity index (χ0n) is 15.1. The van der Waals surface area contributed by atoms with E-state index in [9.17, 15) is 0 Å². The van der Waals surface area contributed by atoms with Crippen LogP contribution < -0.4 is 15.4 Å². The minimum atomic E-state index is 0. The summed E-state index contributed by atoms with van der Waals surface area (Å²) < 4.78 is 10.4. The van der Waals surface area contributed by atoms with Crippen molar-refractivity contribution in [2.24, 2.45) is 4.99 Å². The lowest BCUT2D eigenvalue weighted by Gasteiger charge is -2.12. The van der Waals surface area contributed by atoms with Gasteiger partial charge in [-0.2, -0.15) is 0 Å². The molecular weight excluding hydrogens is 433 g/mol. The van der Waals surface area contributed by atoms with Gasteiger partial charge < -0.3 is 19.9 Å². The monoisotopic (exact) mass is 459 g/mol. The van der Waals surface area contributed by atoms with Crippen LogP contribution in [-0.4, -0.2) is 30.3 Å². The van der Waals surface area contributed by atoms with Crippen molar-refractivity contribution in [1.82, 2.24) is 20.8 Å². The first kappa shape index (κ1) is 21.2. The van der Waals surface area contributed by atoms with E-state index in [1.807, 2.05) is 12.1 Å². The largest absolute Gasteiger partial charge is 0.481 e. The van der Waals surface area contributed by atoms with E-state index < -0.39 is 0 Å². The Balaban J connectivity index is 0.00000312. The first-order valence-electron chi connectivity index (χ1n) is 8.11.